The largest absolute Gasteiger partial charge is 0.387 e. The summed E-state index contributed by atoms with van der Waals surface area (Å²) in [6.07, 6.45) is 1.19. The molecule has 1 N–H and O–H groups in total. The van der Waals surface area contributed by atoms with Crippen molar-refractivity contribution in [3.05, 3.63) is 0 Å². The smallest absolute Gasteiger partial charge is 0.248 e. The van der Waals surface area contributed by atoms with Crippen molar-refractivity contribution in [2.24, 2.45) is 11.8 Å². The molecule has 0 aromatic rings. The SMILES string of the molecule is CC1CC(C)CN(C(=O)CO)C1. The maximum absolute atomic E-state index is 11.1. The van der Waals surface area contributed by atoms with Crippen LogP contribution in [0.2, 0.25) is 0 Å². The first-order valence-corrected chi connectivity index (χ1v) is 4.52. The molecule has 0 aliphatic carbocycles. The van der Waals surface area contributed by atoms with E-state index in [-0.39, 0.29) is 12.5 Å². The van der Waals surface area contributed by atoms with Crippen molar-refractivity contribution in [1.29, 1.82) is 0 Å². The lowest BCUT2D eigenvalue weighted by molar-refractivity contribution is -0.136. The molecular weight excluding hydrogens is 154 g/mol. The molecule has 2 atom stereocenters. The second-order valence-electron chi connectivity index (χ2n) is 3.90. The Balaban J connectivity index is 2.49. The van der Waals surface area contributed by atoms with Crippen LogP contribution < -0.4 is 0 Å². The van der Waals surface area contributed by atoms with E-state index in [1.165, 1.54) is 6.42 Å². The van der Waals surface area contributed by atoms with Gasteiger partial charge in [0, 0.05) is 13.1 Å². The highest BCUT2D eigenvalue weighted by Gasteiger charge is 2.24. The normalized spacial score (nSPS) is 30.4. The molecule has 0 spiro atoms. The molecule has 3 nitrogen and oxygen atoms in total. The molecule has 1 aliphatic heterocycles. The number of hydrogen-bond donors (Lipinski definition) is 1. The molecule has 2 unspecified atom stereocenters. The van der Waals surface area contributed by atoms with E-state index in [0.29, 0.717) is 11.8 Å². The van der Waals surface area contributed by atoms with E-state index in [1.807, 2.05) is 0 Å². The van der Waals surface area contributed by atoms with Crippen LogP contribution in [0.25, 0.3) is 0 Å². The van der Waals surface area contributed by atoms with Gasteiger partial charge in [0.25, 0.3) is 0 Å². The van der Waals surface area contributed by atoms with Crippen LogP contribution in [0.5, 0.6) is 0 Å². The van der Waals surface area contributed by atoms with E-state index in [9.17, 15) is 4.79 Å². The Morgan fingerprint density at radius 1 is 1.42 bits per heavy atom. The molecule has 3 heteroatoms. The molecule has 0 aromatic heterocycles. The van der Waals surface area contributed by atoms with E-state index in [2.05, 4.69) is 13.8 Å². The number of hydrogen-bond acceptors (Lipinski definition) is 2. The van der Waals surface area contributed by atoms with Crippen molar-refractivity contribution in [2.45, 2.75) is 20.3 Å². The van der Waals surface area contributed by atoms with E-state index in [1.54, 1.807) is 4.90 Å². The lowest BCUT2D eigenvalue weighted by Gasteiger charge is -2.34. The molecule has 1 rings (SSSR count). The second-order valence-corrected chi connectivity index (χ2v) is 3.90. The Kier molecular flexibility index (Phi) is 3.09. The Morgan fingerprint density at radius 2 is 1.92 bits per heavy atom. The van der Waals surface area contributed by atoms with Gasteiger partial charge in [-0.3, -0.25) is 4.79 Å². The van der Waals surface area contributed by atoms with Gasteiger partial charge in [-0.2, -0.15) is 0 Å². The summed E-state index contributed by atoms with van der Waals surface area (Å²) < 4.78 is 0. The number of likely N-dealkylation sites (tertiary alicyclic amines) is 1. The number of carbonyl (C=O) groups excluding carboxylic acids is 1. The summed E-state index contributed by atoms with van der Waals surface area (Å²) in [5, 5.41) is 8.67. The van der Waals surface area contributed by atoms with Crippen LogP contribution in [0.15, 0.2) is 0 Å². The zero-order valence-corrected chi connectivity index (χ0v) is 7.79. The predicted molar refractivity (Wildman–Crippen MR) is 46.6 cm³/mol. The summed E-state index contributed by atoms with van der Waals surface area (Å²) in [6, 6.07) is 0. The van der Waals surface area contributed by atoms with Gasteiger partial charge in [0.2, 0.25) is 5.91 Å². The van der Waals surface area contributed by atoms with Crippen molar-refractivity contribution < 1.29 is 9.90 Å². The zero-order valence-electron chi connectivity index (χ0n) is 7.79. The highest BCUT2D eigenvalue weighted by Crippen LogP contribution is 2.20. The number of nitrogens with zero attached hydrogens (tertiary/aromatic N) is 1. The summed E-state index contributed by atoms with van der Waals surface area (Å²) in [5.74, 6) is 1.02. The van der Waals surface area contributed by atoms with Gasteiger partial charge in [0.1, 0.15) is 6.61 Å². The number of piperidine rings is 1. The summed E-state index contributed by atoms with van der Waals surface area (Å²) in [7, 11) is 0. The first-order chi connectivity index (χ1) is 5.63. The van der Waals surface area contributed by atoms with Gasteiger partial charge in [-0.25, -0.2) is 0 Å². The molecule has 0 bridgehead atoms. The van der Waals surface area contributed by atoms with Crippen molar-refractivity contribution in [2.75, 3.05) is 19.7 Å². The number of aliphatic hydroxyl groups excluding tert-OH is 1. The fraction of sp³-hybridized carbons (Fsp3) is 0.889. The molecule has 0 radical (unpaired) electrons. The minimum atomic E-state index is -0.348. The van der Waals surface area contributed by atoms with E-state index >= 15 is 0 Å². The molecule has 0 aromatic carbocycles. The van der Waals surface area contributed by atoms with Crippen molar-refractivity contribution in [3.8, 4) is 0 Å². The Labute approximate surface area is 73.4 Å². The van der Waals surface area contributed by atoms with Gasteiger partial charge in [0.15, 0.2) is 0 Å². The molecule has 12 heavy (non-hydrogen) atoms. The number of rotatable bonds is 1. The van der Waals surface area contributed by atoms with Crippen LogP contribution in [-0.4, -0.2) is 35.6 Å². The predicted octanol–water partition coefficient (Wildman–Crippen LogP) is 0.483. The highest BCUT2D eigenvalue weighted by atomic mass is 16.3. The number of amides is 1. The van der Waals surface area contributed by atoms with Gasteiger partial charge < -0.3 is 10.0 Å². The first kappa shape index (κ1) is 9.52. The van der Waals surface area contributed by atoms with Crippen LogP contribution in [0.3, 0.4) is 0 Å². The fourth-order valence-corrected chi connectivity index (χ4v) is 1.97. The molecule has 70 valence electrons. The molecule has 0 saturated carbocycles. The van der Waals surface area contributed by atoms with Gasteiger partial charge in [-0.15, -0.1) is 0 Å². The molecule has 1 saturated heterocycles. The van der Waals surface area contributed by atoms with Crippen LogP contribution in [0, 0.1) is 11.8 Å². The third-order valence-corrected chi connectivity index (χ3v) is 2.36. The van der Waals surface area contributed by atoms with Crippen LogP contribution >= 0.6 is 0 Å². The van der Waals surface area contributed by atoms with Gasteiger partial charge in [0.05, 0.1) is 0 Å². The highest BCUT2D eigenvalue weighted by molar-refractivity contribution is 5.77. The average molecular weight is 171 g/mol. The lowest BCUT2D eigenvalue weighted by Crippen LogP contribution is -2.43. The van der Waals surface area contributed by atoms with Crippen LogP contribution in [-0.2, 0) is 4.79 Å². The Hall–Kier alpha value is -0.570. The third-order valence-electron chi connectivity index (χ3n) is 2.36. The summed E-state index contributed by atoms with van der Waals surface area (Å²) in [6.45, 7) is 5.56. The average Bonchev–Trinajstić information content (AvgIpc) is 2.01. The first-order valence-electron chi connectivity index (χ1n) is 4.52. The van der Waals surface area contributed by atoms with Crippen LogP contribution in [0.1, 0.15) is 20.3 Å². The van der Waals surface area contributed by atoms with Crippen LogP contribution in [0.4, 0.5) is 0 Å². The van der Waals surface area contributed by atoms with Gasteiger partial charge >= 0.3 is 0 Å². The van der Waals surface area contributed by atoms with E-state index in [0.717, 1.165) is 13.1 Å². The van der Waals surface area contributed by atoms with Crippen molar-refractivity contribution in [3.63, 3.8) is 0 Å². The minimum Gasteiger partial charge on any atom is -0.387 e. The fourth-order valence-electron chi connectivity index (χ4n) is 1.97. The van der Waals surface area contributed by atoms with E-state index in [4.69, 9.17) is 5.11 Å². The standard InChI is InChI=1S/C9H17NO2/c1-7-3-8(2)5-10(4-7)9(12)6-11/h7-8,11H,3-6H2,1-2H3. The third kappa shape index (κ3) is 2.21. The Morgan fingerprint density at radius 3 is 2.33 bits per heavy atom. The number of carbonyl (C=O) groups is 1. The Bertz CT molecular complexity index is 160. The summed E-state index contributed by atoms with van der Waals surface area (Å²) in [4.78, 5) is 12.9. The molecule has 1 fully saturated rings. The number of aliphatic hydroxyl groups is 1. The van der Waals surface area contributed by atoms with Gasteiger partial charge in [-0.05, 0) is 18.3 Å². The topological polar surface area (TPSA) is 40.5 Å². The zero-order chi connectivity index (χ0) is 9.14. The molecule has 1 heterocycles. The maximum atomic E-state index is 11.1. The lowest BCUT2D eigenvalue weighted by atomic mass is 9.92. The second kappa shape index (κ2) is 3.90. The summed E-state index contributed by atoms with van der Waals surface area (Å²) >= 11 is 0. The van der Waals surface area contributed by atoms with Crippen molar-refractivity contribution in [1.82, 2.24) is 4.90 Å². The summed E-state index contributed by atoms with van der Waals surface area (Å²) in [5.41, 5.74) is 0. The minimum absolute atomic E-state index is 0.131. The monoisotopic (exact) mass is 171 g/mol. The van der Waals surface area contributed by atoms with Crippen molar-refractivity contribution >= 4 is 5.91 Å². The maximum Gasteiger partial charge on any atom is 0.248 e. The molecule has 1 amide bonds. The van der Waals surface area contributed by atoms with E-state index < -0.39 is 0 Å². The molecular formula is C9H17NO2. The van der Waals surface area contributed by atoms with Gasteiger partial charge in [-0.1, -0.05) is 13.8 Å². The quantitative estimate of drug-likeness (QED) is 0.623. The molecule has 1 aliphatic rings.